The van der Waals surface area contributed by atoms with Crippen LogP contribution in [0.15, 0.2) is 64.1 Å². The summed E-state index contributed by atoms with van der Waals surface area (Å²) in [6.07, 6.45) is 1.41. The average Bonchev–Trinajstić information content (AvgIpc) is 3.16. The molecule has 1 heterocycles. The first-order valence-electron chi connectivity index (χ1n) is 8.66. The molecule has 0 spiro atoms. The molecule has 0 aliphatic carbocycles. The molecule has 0 unspecified atom stereocenters. The number of rotatable bonds is 8. The van der Waals surface area contributed by atoms with Crippen molar-refractivity contribution in [2.24, 2.45) is 0 Å². The zero-order valence-corrected chi connectivity index (χ0v) is 16.0. The summed E-state index contributed by atoms with van der Waals surface area (Å²) in [5.74, 6) is 0.590. The maximum absolute atomic E-state index is 12.9. The summed E-state index contributed by atoms with van der Waals surface area (Å²) in [5, 5.41) is 1.29. The lowest BCUT2D eigenvalue weighted by atomic mass is 10.1. The predicted molar refractivity (Wildman–Crippen MR) is 103 cm³/mol. The number of carbonyl (C=O) groups excluding carboxylic acids is 1. The minimum atomic E-state index is -3.82. The third-order valence-electron chi connectivity index (χ3n) is 4.08. The lowest BCUT2D eigenvalue weighted by molar-refractivity contribution is 0.0948. The highest BCUT2D eigenvalue weighted by Crippen LogP contribution is 2.31. The average molecular weight is 387 g/mol. The topological polar surface area (TPSA) is 85.6 Å². The van der Waals surface area contributed by atoms with Gasteiger partial charge in [0.1, 0.15) is 5.75 Å². The molecule has 0 radical (unpaired) electrons. The highest BCUT2D eigenvalue weighted by atomic mass is 32.2. The number of furan rings is 1. The van der Waals surface area contributed by atoms with Crippen LogP contribution in [-0.2, 0) is 10.0 Å². The molecule has 0 fully saturated rings. The summed E-state index contributed by atoms with van der Waals surface area (Å²) in [4.78, 5) is 12.3. The summed E-state index contributed by atoms with van der Waals surface area (Å²) < 4.78 is 39.0. The third-order valence-corrected chi connectivity index (χ3v) is 5.73. The minimum absolute atomic E-state index is 0.00169. The smallest absolute Gasteiger partial charge is 0.241 e. The number of Topliss-reactive ketones (excluding diaryl/α,β-unsaturated/α-hetero) is 1. The van der Waals surface area contributed by atoms with Gasteiger partial charge in [-0.15, -0.1) is 0 Å². The Kier molecular flexibility index (Phi) is 5.62. The number of ether oxygens (including phenoxy) is 1. The van der Waals surface area contributed by atoms with Gasteiger partial charge in [0.25, 0.3) is 0 Å². The van der Waals surface area contributed by atoms with Gasteiger partial charge in [-0.05, 0) is 38.1 Å². The molecule has 7 heteroatoms. The number of sulfonamides is 1. The molecule has 0 saturated heterocycles. The molecule has 27 heavy (non-hydrogen) atoms. The van der Waals surface area contributed by atoms with E-state index in [0.29, 0.717) is 17.7 Å². The van der Waals surface area contributed by atoms with E-state index in [4.69, 9.17) is 9.15 Å². The molecule has 3 aromatic rings. The molecule has 6 nitrogen and oxygen atoms in total. The Labute approximate surface area is 158 Å². The van der Waals surface area contributed by atoms with Gasteiger partial charge < -0.3 is 9.15 Å². The van der Waals surface area contributed by atoms with E-state index in [-0.39, 0.29) is 22.9 Å². The zero-order chi connectivity index (χ0) is 19.4. The number of fused-ring (bicyclic) bond motifs is 1. The van der Waals surface area contributed by atoms with E-state index in [1.165, 1.54) is 12.3 Å². The maximum atomic E-state index is 12.9. The maximum Gasteiger partial charge on any atom is 0.241 e. The van der Waals surface area contributed by atoms with Crippen LogP contribution in [0.3, 0.4) is 0 Å². The van der Waals surface area contributed by atoms with Crippen LogP contribution >= 0.6 is 0 Å². The minimum Gasteiger partial charge on any atom is -0.493 e. The molecule has 1 N–H and O–H groups in total. The Morgan fingerprint density at radius 1 is 1.11 bits per heavy atom. The first-order chi connectivity index (χ1) is 12.9. The summed E-state index contributed by atoms with van der Waals surface area (Å²) in [6.45, 7) is 4.01. The highest BCUT2D eigenvalue weighted by Gasteiger charge is 2.23. The van der Waals surface area contributed by atoms with E-state index in [9.17, 15) is 13.2 Å². The van der Waals surface area contributed by atoms with E-state index in [2.05, 4.69) is 4.72 Å². The van der Waals surface area contributed by atoms with Gasteiger partial charge in [-0.1, -0.05) is 24.3 Å². The van der Waals surface area contributed by atoms with Crippen molar-refractivity contribution in [3.8, 4) is 5.75 Å². The van der Waals surface area contributed by atoms with Gasteiger partial charge in [0.2, 0.25) is 10.0 Å². The molecular weight excluding hydrogens is 366 g/mol. The fraction of sp³-hybridized carbons (Fsp3) is 0.250. The Balaban J connectivity index is 1.86. The Bertz CT molecular complexity index is 1040. The Hall–Kier alpha value is -2.64. The number of carbonyl (C=O) groups is 1. The number of benzene rings is 2. The number of nitrogens with one attached hydrogen (secondary N) is 1. The van der Waals surface area contributed by atoms with Gasteiger partial charge in [0, 0.05) is 23.2 Å². The number of hydrogen-bond acceptors (Lipinski definition) is 5. The van der Waals surface area contributed by atoms with E-state index >= 15 is 0 Å². The molecule has 0 amide bonds. The van der Waals surface area contributed by atoms with Crippen molar-refractivity contribution in [3.05, 3.63) is 60.6 Å². The van der Waals surface area contributed by atoms with Crippen LogP contribution in [0.5, 0.6) is 5.75 Å². The van der Waals surface area contributed by atoms with E-state index < -0.39 is 16.1 Å². The zero-order valence-electron chi connectivity index (χ0n) is 15.1. The quantitative estimate of drug-likeness (QED) is 0.595. The van der Waals surface area contributed by atoms with Crippen LogP contribution < -0.4 is 9.46 Å². The number of ketones is 1. The lowest BCUT2D eigenvalue weighted by Crippen LogP contribution is -2.34. The van der Waals surface area contributed by atoms with Crippen molar-refractivity contribution in [1.29, 1.82) is 0 Å². The predicted octanol–water partition coefficient (Wildman–Crippen LogP) is 3.77. The molecular formula is C20H21NO5S. The van der Waals surface area contributed by atoms with Crippen molar-refractivity contribution in [2.45, 2.75) is 31.2 Å². The molecule has 2 aromatic carbocycles. The van der Waals surface area contributed by atoms with Crippen LogP contribution in [0.25, 0.3) is 10.8 Å². The SMILES string of the molecule is CCOc1ccc(S(=O)(=O)N[C@H](C)CC(=O)c2ccco2)c2ccccc12. The highest BCUT2D eigenvalue weighted by molar-refractivity contribution is 7.89. The molecule has 0 bridgehead atoms. The van der Waals surface area contributed by atoms with Gasteiger partial charge in [-0.3, -0.25) is 4.79 Å². The van der Waals surface area contributed by atoms with Crippen molar-refractivity contribution < 1.29 is 22.4 Å². The van der Waals surface area contributed by atoms with E-state index in [0.717, 1.165) is 5.39 Å². The molecule has 3 rings (SSSR count). The second kappa shape index (κ2) is 7.94. The van der Waals surface area contributed by atoms with Crippen LogP contribution in [0.4, 0.5) is 0 Å². The van der Waals surface area contributed by atoms with Gasteiger partial charge in [-0.2, -0.15) is 0 Å². The van der Waals surface area contributed by atoms with Crippen LogP contribution in [0, 0.1) is 0 Å². The normalized spacial score (nSPS) is 12.8. The summed E-state index contributed by atoms with van der Waals surface area (Å²) in [5.41, 5.74) is 0. The third kappa shape index (κ3) is 4.20. The first-order valence-corrected chi connectivity index (χ1v) is 10.1. The number of hydrogen-bond donors (Lipinski definition) is 1. The molecule has 0 aliphatic heterocycles. The Morgan fingerprint density at radius 3 is 2.52 bits per heavy atom. The molecule has 142 valence electrons. The fourth-order valence-electron chi connectivity index (χ4n) is 2.95. The van der Waals surface area contributed by atoms with Gasteiger partial charge in [0.15, 0.2) is 11.5 Å². The Morgan fingerprint density at radius 2 is 1.85 bits per heavy atom. The summed E-state index contributed by atoms with van der Waals surface area (Å²) >= 11 is 0. The van der Waals surface area contributed by atoms with Crippen molar-refractivity contribution in [1.82, 2.24) is 4.72 Å². The second-order valence-corrected chi connectivity index (χ2v) is 7.85. The fourth-order valence-corrected chi connectivity index (χ4v) is 4.40. The summed E-state index contributed by atoms with van der Waals surface area (Å²) in [7, 11) is -3.82. The monoisotopic (exact) mass is 387 g/mol. The van der Waals surface area contributed by atoms with Gasteiger partial charge >= 0.3 is 0 Å². The van der Waals surface area contributed by atoms with Crippen molar-refractivity contribution in [2.75, 3.05) is 6.61 Å². The molecule has 0 saturated carbocycles. The first kappa shape index (κ1) is 19.1. The van der Waals surface area contributed by atoms with E-state index in [1.807, 2.05) is 19.1 Å². The van der Waals surface area contributed by atoms with Gasteiger partial charge in [-0.25, -0.2) is 13.1 Å². The standard InChI is InChI=1S/C20H21NO5S/c1-3-25-18-10-11-20(16-8-5-4-7-15(16)18)27(23,24)21-14(2)13-17(22)19-9-6-12-26-19/h4-12,14,21H,3,13H2,1-2H3/t14-/m1/s1. The summed E-state index contributed by atoms with van der Waals surface area (Å²) in [6, 6.07) is 12.9. The molecule has 1 aromatic heterocycles. The van der Waals surface area contributed by atoms with Crippen LogP contribution in [0.2, 0.25) is 0 Å². The molecule has 1 atom stereocenters. The van der Waals surface area contributed by atoms with Crippen molar-refractivity contribution in [3.63, 3.8) is 0 Å². The van der Waals surface area contributed by atoms with Crippen LogP contribution in [0.1, 0.15) is 30.8 Å². The van der Waals surface area contributed by atoms with E-state index in [1.54, 1.807) is 37.3 Å². The van der Waals surface area contributed by atoms with Crippen LogP contribution in [-0.4, -0.2) is 26.8 Å². The second-order valence-electron chi connectivity index (χ2n) is 6.17. The molecule has 0 aliphatic rings. The lowest BCUT2D eigenvalue weighted by Gasteiger charge is -2.16. The largest absolute Gasteiger partial charge is 0.493 e. The van der Waals surface area contributed by atoms with Crippen molar-refractivity contribution >= 4 is 26.6 Å². The van der Waals surface area contributed by atoms with Gasteiger partial charge in [0.05, 0.1) is 17.8 Å².